The number of nitrogens with one attached hydrogen (secondary N) is 4. The van der Waals surface area contributed by atoms with E-state index in [1.54, 1.807) is 26.8 Å². The average molecular weight is 566 g/mol. The first-order valence-electron chi connectivity index (χ1n) is 11.5. The van der Waals surface area contributed by atoms with Crippen LogP contribution < -0.4 is 30.4 Å². The average Bonchev–Trinajstić information content (AvgIpc) is 2.83. The second-order valence-electron chi connectivity index (χ2n) is 8.81. The molecule has 0 unspecified atom stereocenters. The number of carbonyl (C=O) groups excluding carboxylic acids is 1. The fourth-order valence-corrected chi connectivity index (χ4v) is 4.38. The maximum absolute atomic E-state index is 14.7. The molecule has 38 heavy (non-hydrogen) atoms. The molecule has 4 N–H and O–H groups in total. The summed E-state index contributed by atoms with van der Waals surface area (Å²) in [5.74, 6) is -1.34. The lowest BCUT2D eigenvalue weighted by molar-refractivity contribution is 0.0941. The molecule has 0 fully saturated rings. The highest BCUT2D eigenvalue weighted by atomic mass is 35.5. The van der Waals surface area contributed by atoms with Gasteiger partial charge in [0.15, 0.2) is 5.75 Å². The molecule has 0 aliphatic heterocycles. The van der Waals surface area contributed by atoms with E-state index in [-0.39, 0.29) is 50.9 Å². The third kappa shape index (κ3) is 6.26. The SMILES string of the molecule is CNS(=O)(=O)Nc1cccc(Oc2c(C(=O)NC(C)C)c(Nc3ccc(C)cc3F)n(C)c(=O)c2C)c1Cl. The highest BCUT2D eigenvalue weighted by Crippen LogP contribution is 2.39. The molecule has 1 amide bonds. The molecule has 0 aliphatic carbocycles. The van der Waals surface area contributed by atoms with Gasteiger partial charge in [-0.15, -0.1) is 0 Å². The third-order valence-electron chi connectivity index (χ3n) is 5.48. The summed E-state index contributed by atoms with van der Waals surface area (Å²) >= 11 is 6.44. The van der Waals surface area contributed by atoms with Crippen molar-refractivity contribution in [3.05, 3.63) is 74.3 Å². The van der Waals surface area contributed by atoms with Gasteiger partial charge in [0, 0.05) is 20.1 Å². The van der Waals surface area contributed by atoms with Gasteiger partial charge in [0.2, 0.25) is 0 Å². The molecule has 3 rings (SSSR count). The van der Waals surface area contributed by atoms with Gasteiger partial charge in [-0.05, 0) is 57.5 Å². The number of amides is 1. The first-order chi connectivity index (χ1) is 17.8. The second-order valence-corrected chi connectivity index (χ2v) is 10.8. The smallest absolute Gasteiger partial charge is 0.298 e. The minimum atomic E-state index is -3.89. The van der Waals surface area contributed by atoms with E-state index >= 15 is 0 Å². The molecular formula is C25H29ClFN5O5S. The minimum Gasteiger partial charge on any atom is -0.454 e. The Morgan fingerprint density at radius 3 is 2.42 bits per heavy atom. The lowest BCUT2D eigenvalue weighted by Crippen LogP contribution is -2.34. The van der Waals surface area contributed by atoms with E-state index in [1.807, 2.05) is 0 Å². The van der Waals surface area contributed by atoms with Crippen LogP contribution in [-0.2, 0) is 17.3 Å². The van der Waals surface area contributed by atoms with Crippen molar-refractivity contribution in [1.29, 1.82) is 0 Å². The Balaban J connectivity index is 2.24. The first-order valence-corrected chi connectivity index (χ1v) is 13.4. The number of halogens is 2. The molecule has 204 valence electrons. The van der Waals surface area contributed by atoms with Crippen molar-refractivity contribution in [2.45, 2.75) is 33.7 Å². The number of pyridine rings is 1. The zero-order chi connectivity index (χ0) is 28.4. The number of aromatic nitrogens is 1. The fraction of sp³-hybridized carbons (Fsp3) is 0.280. The van der Waals surface area contributed by atoms with Crippen molar-refractivity contribution in [2.24, 2.45) is 7.05 Å². The molecule has 0 aliphatic rings. The number of nitrogens with zero attached hydrogens (tertiary/aromatic N) is 1. The quantitative estimate of drug-likeness (QED) is 0.305. The van der Waals surface area contributed by atoms with Gasteiger partial charge in [-0.1, -0.05) is 23.7 Å². The maximum Gasteiger partial charge on any atom is 0.298 e. The molecule has 2 aromatic carbocycles. The zero-order valence-electron chi connectivity index (χ0n) is 21.7. The van der Waals surface area contributed by atoms with Crippen LogP contribution in [0.2, 0.25) is 5.02 Å². The van der Waals surface area contributed by atoms with Gasteiger partial charge in [-0.3, -0.25) is 18.9 Å². The molecule has 1 heterocycles. The van der Waals surface area contributed by atoms with Crippen LogP contribution in [-0.4, -0.2) is 32.0 Å². The Labute approximate surface area is 225 Å². The number of carbonyl (C=O) groups is 1. The fourth-order valence-electron chi connectivity index (χ4n) is 3.56. The van der Waals surface area contributed by atoms with E-state index in [1.165, 1.54) is 55.9 Å². The molecule has 0 atom stereocenters. The van der Waals surface area contributed by atoms with Crippen LogP contribution in [0.25, 0.3) is 0 Å². The monoisotopic (exact) mass is 565 g/mol. The Morgan fingerprint density at radius 2 is 1.82 bits per heavy atom. The summed E-state index contributed by atoms with van der Waals surface area (Å²) in [6, 6.07) is 8.57. The van der Waals surface area contributed by atoms with Crippen molar-refractivity contribution in [3.8, 4) is 11.5 Å². The third-order valence-corrected chi connectivity index (χ3v) is 6.89. The molecule has 10 nitrogen and oxygen atoms in total. The first kappa shape index (κ1) is 29.0. The standard InChI is InChI=1S/C25H29ClFN5O5S/c1-13(2)29-24(33)20-22(37-19-9-7-8-18(21(19)26)31-38(35,36)28-5)15(4)25(34)32(6)23(20)30-17-11-10-14(3)12-16(17)27/h7-13,28,30-31H,1-6H3,(H,29,33). The van der Waals surface area contributed by atoms with Crippen LogP contribution >= 0.6 is 11.6 Å². The normalized spacial score (nSPS) is 11.4. The molecule has 0 spiro atoms. The summed E-state index contributed by atoms with van der Waals surface area (Å²) in [6.45, 7) is 6.72. The molecule has 0 saturated heterocycles. The summed E-state index contributed by atoms with van der Waals surface area (Å²) in [5.41, 5.74) is 0.230. The summed E-state index contributed by atoms with van der Waals surface area (Å²) < 4.78 is 50.3. The lowest BCUT2D eigenvalue weighted by Gasteiger charge is -2.22. The topological polar surface area (TPSA) is 131 Å². The Hall–Kier alpha value is -3.61. The van der Waals surface area contributed by atoms with E-state index in [9.17, 15) is 22.4 Å². The summed E-state index contributed by atoms with van der Waals surface area (Å²) in [7, 11) is -1.22. The number of aryl methyl sites for hydroxylation is 1. The lowest BCUT2D eigenvalue weighted by atomic mass is 10.1. The number of hydrogen-bond acceptors (Lipinski definition) is 6. The number of ether oxygens (including phenoxy) is 1. The van der Waals surface area contributed by atoms with E-state index in [4.69, 9.17) is 16.3 Å². The van der Waals surface area contributed by atoms with Crippen molar-refractivity contribution in [1.82, 2.24) is 14.6 Å². The van der Waals surface area contributed by atoms with Crippen LogP contribution in [0.4, 0.5) is 21.6 Å². The second kappa shape index (κ2) is 11.4. The van der Waals surface area contributed by atoms with Gasteiger partial charge in [0.05, 0.1) is 16.9 Å². The van der Waals surface area contributed by atoms with E-state index in [0.29, 0.717) is 5.56 Å². The molecule has 13 heteroatoms. The molecule has 0 saturated carbocycles. The summed E-state index contributed by atoms with van der Waals surface area (Å²) in [6.07, 6.45) is 0. The van der Waals surface area contributed by atoms with Gasteiger partial charge in [-0.25, -0.2) is 9.11 Å². The van der Waals surface area contributed by atoms with Crippen LogP contribution in [0.1, 0.15) is 35.3 Å². The zero-order valence-corrected chi connectivity index (χ0v) is 23.3. The number of rotatable bonds is 9. The number of anilines is 3. The van der Waals surface area contributed by atoms with Crippen molar-refractivity contribution < 1.29 is 22.3 Å². The predicted molar refractivity (Wildman–Crippen MR) is 147 cm³/mol. The van der Waals surface area contributed by atoms with Crippen LogP contribution in [0.5, 0.6) is 11.5 Å². The van der Waals surface area contributed by atoms with Gasteiger partial charge in [-0.2, -0.15) is 8.42 Å². The van der Waals surface area contributed by atoms with E-state index in [2.05, 4.69) is 20.1 Å². The number of hydrogen-bond donors (Lipinski definition) is 4. The highest BCUT2D eigenvalue weighted by molar-refractivity contribution is 7.90. The van der Waals surface area contributed by atoms with E-state index in [0.717, 1.165) is 0 Å². The molecule has 1 aromatic heterocycles. The Bertz CT molecular complexity index is 1560. The summed E-state index contributed by atoms with van der Waals surface area (Å²) in [5, 5.41) is 5.53. The maximum atomic E-state index is 14.7. The van der Waals surface area contributed by atoms with Crippen molar-refractivity contribution >= 4 is 44.9 Å². The van der Waals surface area contributed by atoms with Crippen LogP contribution in [0.3, 0.4) is 0 Å². The largest absolute Gasteiger partial charge is 0.454 e. The summed E-state index contributed by atoms with van der Waals surface area (Å²) in [4.78, 5) is 26.6. The van der Waals surface area contributed by atoms with E-state index < -0.39 is 27.5 Å². The van der Waals surface area contributed by atoms with Gasteiger partial charge < -0.3 is 15.4 Å². The highest BCUT2D eigenvalue weighted by Gasteiger charge is 2.27. The molecule has 0 radical (unpaired) electrons. The minimum absolute atomic E-state index is 0.00765. The number of benzene rings is 2. The van der Waals surface area contributed by atoms with Gasteiger partial charge in [0.1, 0.15) is 28.0 Å². The molecule has 3 aromatic rings. The van der Waals surface area contributed by atoms with Crippen molar-refractivity contribution in [2.75, 3.05) is 17.1 Å². The van der Waals surface area contributed by atoms with Crippen molar-refractivity contribution in [3.63, 3.8) is 0 Å². The van der Waals surface area contributed by atoms with Crippen LogP contribution in [0.15, 0.2) is 41.2 Å². The van der Waals surface area contributed by atoms with Crippen LogP contribution in [0, 0.1) is 19.7 Å². The molecular weight excluding hydrogens is 537 g/mol. The Kier molecular flexibility index (Phi) is 8.70. The molecule has 0 bridgehead atoms. The Morgan fingerprint density at radius 1 is 1.13 bits per heavy atom. The predicted octanol–water partition coefficient (Wildman–Crippen LogP) is 4.34. The van der Waals surface area contributed by atoms with Gasteiger partial charge >= 0.3 is 0 Å². The van der Waals surface area contributed by atoms with Gasteiger partial charge in [0.25, 0.3) is 21.7 Å².